The molecule has 1 aliphatic heterocycles. The molecule has 4 heteroatoms. The van der Waals surface area contributed by atoms with E-state index in [2.05, 4.69) is 17.1 Å². The van der Waals surface area contributed by atoms with Gasteiger partial charge >= 0.3 is 0 Å². The summed E-state index contributed by atoms with van der Waals surface area (Å²) in [4.78, 5) is 19.3. The number of rotatable bonds is 1. The summed E-state index contributed by atoms with van der Waals surface area (Å²) >= 11 is 1.46. The van der Waals surface area contributed by atoms with Gasteiger partial charge < -0.3 is 4.90 Å². The molecule has 1 aromatic rings. The molecule has 0 N–H and O–H groups in total. The molecule has 2 atom stereocenters. The molecule has 0 bridgehead atoms. The van der Waals surface area contributed by atoms with Crippen LogP contribution in [0.15, 0.2) is 17.7 Å². The summed E-state index contributed by atoms with van der Waals surface area (Å²) in [5.41, 5.74) is 2.63. The molecule has 3 nitrogen and oxygen atoms in total. The lowest BCUT2D eigenvalue weighted by molar-refractivity contribution is 0.0788. The number of carbonyl (C=O) groups is 1. The van der Waals surface area contributed by atoms with E-state index in [1.54, 1.807) is 5.51 Å². The number of fused-ring (bicyclic) bond motifs is 1. The lowest BCUT2D eigenvalue weighted by Crippen LogP contribution is -2.28. The molecule has 1 aliphatic carbocycles. The van der Waals surface area contributed by atoms with E-state index in [1.807, 2.05) is 11.8 Å². The summed E-state index contributed by atoms with van der Waals surface area (Å²) < 4.78 is 0. The predicted octanol–water partition coefficient (Wildman–Crippen LogP) is 2.49. The van der Waals surface area contributed by atoms with Crippen molar-refractivity contribution >= 4 is 17.2 Å². The quantitative estimate of drug-likeness (QED) is 0.715. The highest BCUT2D eigenvalue weighted by Gasteiger charge is 2.36. The fourth-order valence-electron chi connectivity index (χ4n) is 2.83. The fourth-order valence-corrected chi connectivity index (χ4v) is 3.60. The number of amides is 1. The molecule has 1 saturated heterocycles. The van der Waals surface area contributed by atoms with Crippen LogP contribution in [-0.2, 0) is 0 Å². The Kier molecular flexibility index (Phi) is 2.74. The van der Waals surface area contributed by atoms with Gasteiger partial charge in [0.05, 0.1) is 11.2 Å². The van der Waals surface area contributed by atoms with E-state index < -0.39 is 0 Å². The smallest absolute Gasteiger partial charge is 0.265 e. The minimum absolute atomic E-state index is 0.180. The third-order valence-corrected chi connectivity index (χ3v) is 4.76. The molecule has 3 rings (SSSR count). The minimum atomic E-state index is 0.180. The van der Waals surface area contributed by atoms with Crippen molar-refractivity contribution in [1.29, 1.82) is 0 Å². The molecule has 1 aromatic heterocycles. The molecule has 17 heavy (non-hydrogen) atoms. The third kappa shape index (κ3) is 1.90. The Hall–Kier alpha value is -1.16. The molecule has 0 radical (unpaired) electrons. The first-order chi connectivity index (χ1) is 8.25. The zero-order valence-corrected chi connectivity index (χ0v) is 10.7. The van der Waals surface area contributed by atoms with Gasteiger partial charge in [0.2, 0.25) is 0 Å². The van der Waals surface area contributed by atoms with Crippen LogP contribution in [0.3, 0.4) is 0 Å². The summed E-state index contributed by atoms with van der Waals surface area (Å²) in [6.45, 7) is 3.75. The van der Waals surface area contributed by atoms with Crippen LogP contribution < -0.4 is 0 Å². The zero-order valence-electron chi connectivity index (χ0n) is 9.93. The average molecular weight is 248 g/mol. The van der Waals surface area contributed by atoms with Crippen LogP contribution in [-0.4, -0.2) is 28.9 Å². The Bertz CT molecular complexity index is 450. The first-order valence-electron chi connectivity index (χ1n) is 6.10. The van der Waals surface area contributed by atoms with Gasteiger partial charge in [-0.2, -0.15) is 0 Å². The Labute approximate surface area is 105 Å². The number of thiazole rings is 1. The monoisotopic (exact) mass is 248 g/mol. The van der Waals surface area contributed by atoms with Crippen LogP contribution in [0, 0.1) is 18.8 Å². The van der Waals surface area contributed by atoms with E-state index in [-0.39, 0.29) is 5.91 Å². The van der Waals surface area contributed by atoms with Gasteiger partial charge in [0.1, 0.15) is 4.88 Å². The second kappa shape index (κ2) is 4.26. The minimum Gasteiger partial charge on any atom is -0.337 e. The number of hydrogen-bond acceptors (Lipinski definition) is 3. The van der Waals surface area contributed by atoms with E-state index in [0.29, 0.717) is 11.8 Å². The number of carbonyl (C=O) groups excluding carboxylic acids is 1. The molecule has 0 spiro atoms. The summed E-state index contributed by atoms with van der Waals surface area (Å²) in [6.07, 6.45) is 6.78. The molecule has 0 aromatic carbocycles. The summed E-state index contributed by atoms with van der Waals surface area (Å²) in [5.74, 6) is 1.54. The van der Waals surface area contributed by atoms with Gasteiger partial charge in [-0.1, -0.05) is 12.2 Å². The van der Waals surface area contributed by atoms with Crippen LogP contribution in [0.1, 0.15) is 28.2 Å². The molecular weight excluding hydrogens is 232 g/mol. The molecule has 1 amide bonds. The Balaban J connectivity index is 1.75. The molecule has 0 saturated carbocycles. The Morgan fingerprint density at radius 1 is 1.35 bits per heavy atom. The van der Waals surface area contributed by atoms with Crippen molar-refractivity contribution < 1.29 is 4.79 Å². The van der Waals surface area contributed by atoms with Crippen molar-refractivity contribution in [3.8, 4) is 0 Å². The highest BCUT2D eigenvalue weighted by atomic mass is 32.1. The number of likely N-dealkylation sites (tertiary alicyclic amines) is 1. The normalized spacial score (nSPS) is 27.2. The molecule has 2 unspecified atom stereocenters. The van der Waals surface area contributed by atoms with Crippen LogP contribution in [0.2, 0.25) is 0 Å². The van der Waals surface area contributed by atoms with E-state index in [4.69, 9.17) is 0 Å². The molecule has 2 aliphatic rings. The van der Waals surface area contributed by atoms with Crippen molar-refractivity contribution in [3.05, 3.63) is 28.2 Å². The van der Waals surface area contributed by atoms with Gasteiger partial charge in [0, 0.05) is 13.1 Å². The molecule has 90 valence electrons. The maximum absolute atomic E-state index is 12.3. The SMILES string of the molecule is Cc1ncsc1C(=O)N1CC2CC=CCC2C1. The van der Waals surface area contributed by atoms with Gasteiger partial charge in [-0.15, -0.1) is 11.3 Å². The largest absolute Gasteiger partial charge is 0.337 e. The van der Waals surface area contributed by atoms with E-state index in [9.17, 15) is 4.79 Å². The lowest BCUT2D eigenvalue weighted by Gasteiger charge is -2.17. The third-order valence-electron chi connectivity index (χ3n) is 3.85. The van der Waals surface area contributed by atoms with Crippen molar-refractivity contribution in [2.75, 3.05) is 13.1 Å². The topological polar surface area (TPSA) is 33.2 Å². The van der Waals surface area contributed by atoms with Gasteiger partial charge in [-0.25, -0.2) is 4.98 Å². The second-order valence-electron chi connectivity index (χ2n) is 4.94. The second-order valence-corrected chi connectivity index (χ2v) is 5.79. The highest BCUT2D eigenvalue weighted by Crippen LogP contribution is 2.33. The van der Waals surface area contributed by atoms with Crippen LogP contribution in [0.5, 0.6) is 0 Å². The van der Waals surface area contributed by atoms with E-state index in [0.717, 1.165) is 36.5 Å². The van der Waals surface area contributed by atoms with E-state index in [1.165, 1.54) is 11.3 Å². The standard InChI is InChI=1S/C13H16N2OS/c1-9-12(17-8-14-9)13(16)15-6-10-4-2-3-5-11(10)7-15/h2-3,8,10-11H,4-7H2,1H3. The highest BCUT2D eigenvalue weighted by molar-refractivity contribution is 7.11. The van der Waals surface area contributed by atoms with Crippen molar-refractivity contribution in [2.24, 2.45) is 11.8 Å². The zero-order chi connectivity index (χ0) is 11.8. The summed E-state index contributed by atoms with van der Waals surface area (Å²) in [5, 5.41) is 0. The molecule has 2 heterocycles. The van der Waals surface area contributed by atoms with Gasteiger partial charge in [-0.05, 0) is 31.6 Å². The van der Waals surface area contributed by atoms with Gasteiger partial charge in [-0.3, -0.25) is 4.79 Å². The first-order valence-corrected chi connectivity index (χ1v) is 6.98. The Morgan fingerprint density at radius 3 is 2.53 bits per heavy atom. The number of hydrogen-bond donors (Lipinski definition) is 0. The van der Waals surface area contributed by atoms with E-state index >= 15 is 0 Å². The molecule has 1 fully saturated rings. The number of aromatic nitrogens is 1. The lowest BCUT2D eigenvalue weighted by atomic mass is 9.86. The number of aryl methyl sites for hydroxylation is 1. The van der Waals surface area contributed by atoms with Crippen LogP contribution >= 0.6 is 11.3 Å². The average Bonchev–Trinajstić information content (AvgIpc) is 2.93. The first kappa shape index (κ1) is 11.0. The van der Waals surface area contributed by atoms with Crippen LogP contribution in [0.25, 0.3) is 0 Å². The van der Waals surface area contributed by atoms with Gasteiger partial charge in [0.15, 0.2) is 0 Å². The maximum Gasteiger partial charge on any atom is 0.265 e. The fraction of sp³-hybridized carbons (Fsp3) is 0.538. The summed E-state index contributed by atoms with van der Waals surface area (Å²) in [7, 11) is 0. The molecular formula is C13H16N2OS. The predicted molar refractivity (Wildman–Crippen MR) is 68.1 cm³/mol. The maximum atomic E-state index is 12.3. The van der Waals surface area contributed by atoms with Crippen molar-refractivity contribution in [2.45, 2.75) is 19.8 Å². The van der Waals surface area contributed by atoms with Crippen LogP contribution in [0.4, 0.5) is 0 Å². The summed E-state index contributed by atoms with van der Waals surface area (Å²) in [6, 6.07) is 0. The van der Waals surface area contributed by atoms with Gasteiger partial charge in [0.25, 0.3) is 5.91 Å². The van der Waals surface area contributed by atoms with Crippen molar-refractivity contribution in [1.82, 2.24) is 9.88 Å². The van der Waals surface area contributed by atoms with Crippen molar-refractivity contribution in [3.63, 3.8) is 0 Å². The number of nitrogens with zero attached hydrogens (tertiary/aromatic N) is 2. The Morgan fingerprint density at radius 2 is 2.00 bits per heavy atom. The number of allylic oxidation sites excluding steroid dienone is 2.